The molecule has 1 heterocycles. The van der Waals surface area contributed by atoms with Crippen LogP contribution in [0.5, 0.6) is 0 Å². The van der Waals surface area contributed by atoms with Crippen LogP contribution in [0, 0.1) is 0 Å². The number of aromatic nitrogens is 2. The van der Waals surface area contributed by atoms with Crippen molar-refractivity contribution in [1.82, 2.24) is 10.2 Å². The first-order valence-electron chi connectivity index (χ1n) is 6.41. The summed E-state index contributed by atoms with van der Waals surface area (Å²) in [6, 6.07) is 8.54. The number of nitrogens with zero attached hydrogens (tertiary/aromatic N) is 2. The van der Waals surface area contributed by atoms with Crippen molar-refractivity contribution in [3.8, 4) is 0 Å². The van der Waals surface area contributed by atoms with Gasteiger partial charge in [0.2, 0.25) is 12.3 Å². The summed E-state index contributed by atoms with van der Waals surface area (Å²) >= 11 is 3.48. The summed E-state index contributed by atoms with van der Waals surface area (Å²) in [5.74, 6) is 1.45. The number of hydrogen-bond acceptors (Lipinski definition) is 3. The van der Waals surface area contributed by atoms with Gasteiger partial charge in [0.15, 0.2) is 0 Å². The Kier molecular flexibility index (Phi) is 3.51. The molecule has 19 heavy (non-hydrogen) atoms. The zero-order chi connectivity index (χ0) is 13.2. The molecule has 0 N–H and O–H groups in total. The first-order chi connectivity index (χ1) is 9.24. The predicted molar refractivity (Wildman–Crippen MR) is 76.9 cm³/mol. The van der Waals surface area contributed by atoms with E-state index in [0.717, 1.165) is 23.2 Å². The lowest BCUT2D eigenvalue weighted by Gasteiger charge is -2.28. The van der Waals surface area contributed by atoms with Crippen LogP contribution in [0.1, 0.15) is 43.1 Å². The van der Waals surface area contributed by atoms with Crippen molar-refractivity contribution in [3.05, 3.63) is 58.2 Å². The number of halogens is 1. The standard InChI is InChI=1S/C15H15BrN2O/c1-10-2-7-13(15-18-17-9-19-15)14(8-10)11-3-5-12(16)6-4-11/h2-6,9,13-14H,7-8H2,1H3. The molecule has 3 nitrogen and oxygen atoms in total. The lowest BCUT2D eigenvalue weighted by molar-refractivity contribution is 0.391. The van der Waals surface area contributed by atoms with Gasteiger partial charge in [-0.3, -0.25) is 0 Å². The van der Waals surface area contributed by atoms with E-state index in [-0.39, 0.29) is 5.92 Å². The average Bonchev–Trinajstić information content (AvgIpc) is 2.93. The van der Waals surface area contributed by atoms with Gasteiger partial charge < -0.3 is 4.42 Å². The molecule has 0 saturated heterocycles. The predicted octanol–water partition coefficient (Wildman–Crippen LogP) is 4.44. The molecule has 1 aromatic carbocycles. The summed E-state index contributed by atoms with van der Waals surface area (Å²) in [7, 11) is 0. The average molecular weight is 319 g/mol. The Morgan fingerprint density at radius 1 is 1.21 bits per heavy atom. The minimum atomic E-state index is 0.285. The van der Waals surface area contributed by atoms with Crippen molar-refractivity contribution in [1.29, 1.82) is 0 Å². The Bertz CT molecular complexity index is 575. The molecule has 0 amide bonds. The van der Waals surface area contributed by atoms with Gasteiger partial charge in [-0.25, -0.2) is 0 Å². The van der Waals surface area contributed by atoms with Crippen LogP contribution in [-0.2, 0) is 0 Å². The second kappa shape index (κ2) is 5.29. The zero-order valence-electron chi connectivity index (χ0n) is 10.7. The van der Waals surface area contributed by atoms with E-state index in [1.54, 1.807) is 0 Å². The maximum Gasteiger partial charge on any atom is 0.220 e. The lowest BCUT2D eigenvalue weighted by atomic mass is 9.76. The highest BCUT2D eigenvalue weighted by Crippen LogP contribution is 2.42. The Balaban J connectivity index is 1.96. The van der Waals surface area contributed by atoms with Crippen LogP contribution in [0.15, 0.2) is 51.2 Å². The van der Waals surface area contributed by atoms with E-state index < -0.39 is 0 Å². The van der Waals surface area contributed by atoms with E-state index in [1.165, 1.54) is 17.5 Å². The highest BCUT2D eigenvalue weighted by Gasteiger charge is 2.30. The van der Waals surface area contributed by atoms with Gasteiger partial charge in [0.1, 0.15) is 0 Å². The third-order valence-corrected chi connectivity index (χ3v) is 4.27. The van der Waals surface area contributed by atoms with Gasteiger partial charge in [-0.1, -0.05) is 39.7 Å². The van der Waals surface area contributed by atoms with Crippen LogP contribution < -0.4 is 0 Å². The summed E-state index contributed by atoms with van der Waals surface area (Å²) < 4.78 is 6.53. The summed E-state index contributed by atoms with van der Waals surface area (Å²) in [5, 5.41) is 7.92. The summed E-state index contributed by atoms with van der Waals surface area (Å²) in [6.45, 7) is 2.19. The molecular weight excluding hydrogens is 304 g/mol. The molecule has 0 radical (unpaired) electrons. The van der Waals surface area contributed by atoms with E-state index in [0.29, 0.717) is 5.92 Å². The van der Waals surface area contributed by atoms with Gasteiger partial charge in [0.25, 0.3) is 0 Å². The Labute approximate surface area is 120 Å². The normalized spacial score (nSPS) is 23.2. The summed E-state index contributed by atoms with van der Waals surface area (Å²) in [5.41, 5.74) is 2.77. The third kappa shape index (κ3) is 2.63. The Morgan fingerprint density at radius 2 is 2.00 bits per heavy atom. The van der Waals surface area contributed by atoms with Crippen LogP contribution in [0.3, 0.4) is 0 Å². The van der Waals surface area contributed by atoms with Gasteiger partial charge in [0.05, 0.1) is 0 Å². The number of rotatable bonds is 2. The molecular formula is C15H15BrN2O. The summed E-state index contributed by atoms with van der Waals surface area (Å²) in [4.78, 5) is 0. The molecule has 0 spiro atoms. The third-order valence-electron chi connectivity index (χ3n) is 3.74. The molecule has 0 aliphatic heterocycles. The van der Waals surface area contributed by atoms with Crippen molar-refractivity contribution in [3.63, 3.8) is 0 Å². The molecule has 3 rings (SSSR count). The zero-order valence-corrected chi connectivity index (χ0v) is 12.3. The fourth-order valence-corrected chi connectivity index (χ4v) is 3.01. The molecule has 2 atom stereocenters. The largest absolute Gasteiger partial charge is 0.428 e. The molecule has 4 heteroatoms. The molecule has 1 aliphatic carbocycles. The first kappa shape index (κ1) is 12.6. The highest BCUT2D eigenvalue weighted by atomic mass is 79.9. The Morgan fingerprint density at radius 3 is 2.68 bits per heavy atom. The number of hydrogen-bond donors (Lipinski definition) is 0. The van der Waals surface area contributed by atoms with E-state index >= 15 is 0 Å². The van der Waals surface area contributed by atoms with Crippen molar-refractivity contribution < 1.29 is 4.42 Å². The van der Waals surface area contributed by atoms with Crippen LogP contribution in [0.2, 0.25) is 0 Å². The minimum Gasteiger partial charge on any atom is -0.428 e. The van der Waals surface area contributed by atoms with E-state index in [9.17, 15) is 0 Å². The quantitative estimate of drug-likeness (QED) is 0.768. The van der Waals surface area contributed by atoms with Crippen molar-refractivity contribution in [2.45, 2.75) is 31.6 Å². The fraction of sp³-hybridized carbons (Fsp3) is 0.333. The van der Waals surface area contributed by atoms with Crippen LogP contribution in [-0.4, -0.2) is 10.2 Å². The minimum absolute atomic E-state index is 0.285. The molecule has 98 valence electrons. The second-order valence-electron chi connectivity index (χ2n) is 5.03. The van der Waals surface area contributed by atoms with Gasteiger partial charge in [-0.2, -0.15) is 0 Å². The molecule has 2 unspecified atom stereocenters. The SMILES string of the molecule is CC1=CCC(c2nnco2)C(c2ccc(Br)cc2)C1. The van der Waals surface area contributed by atoms with Gasteiger partial charge >= 0.3 is 0 Å². The number of allylic oxidation sites excluding steroid dienone is 2. The van der Waals surface area contributed by atoms with Crippen LogP contribution >= 0.6 is 15.9 Å². The van der Waals surface area contributed by atoms with Crippen molar-refractivity contribution >= 4 is 15.9 Å². The molecule has 1 aromatic heterocycles. The molecule has 0 saturated carbocycles. The monoisotopic (exact) mass is 318 g/mol. The fourth-order valence-electron chi connectivity index (χ4n) is 2.74. The highest BCUT2D eigenvalue weighted by molar-refractivity contribution is 9.10. The molecule has 0 fully saturated rings. The topological polar surface area (TPSA) is 38.9 Å². The van der Waals surface area contributed by atoms with E-state index in [4.69, 9.17) is 4.42 Å². The summed E-state index contributed by atoms with van der Waals surface area (Å²) in [6.07, 6.45) is 5.72. The maximum atomic E-state index is 5.42. The maximum absolute atomic E-state index is 5.42. The first-order valence-corrected chi connectivity index (χ1v) is 7.20. The van der Waals surface area contributed by atoms with Crippen molar-refractivity contribution in [2.75, 3.05) is 0 Å². The Hall–Kier alpha value is -1.42. The second-order valence-corrected chi connectivity index (χ2v) is 5.95. The number of benzene rings is 1. The van der Waals surface area contributed by atoms with E-state index in [2.05, 4.69) is 63.4 Å². The molecule has 1 aliphatic rings. The van der Waals surface area contributed by atoms with Gasteiger partial charge in [-0.15, -0.1) is 10.2 Å². The van der Waals surface area contributed by atoms with Crippen LogP contribution in [0.4, 0.5) is 0 Å². The van der Waals surface area contributed by atoms with Gasteiger partial charge in [0, 0.05) is 10.4 Å². The van der Waals surface area contributed by atoms with Crippen molar-refractivity contribution in [2.24, 2.45) is 0 Å². The smallest absolute Gasteiger partial charge is 0.220 e. The van der Waals surface area contributed by atoms with E-state index in [1.807, 2.05) is 0 Å². The molecule has 0 bridgehead atoms. The van der Waals surface area contributed by atoms with Crippen LogP contribution in [0.25, 0.3) is 0 Å². The van der Waals surface area contributed by atoms with Gasteiger partial charge in [-0.05, 0) is 43.4 Å². The molecule has 2 aromatic rings. The lowest BCUT2D eigenvalue weighted by Crippen LogP contribution is -2.15.